The fourth-order valence-electron chi connectivity index (χ4n) is 6.13. The average molecular weight is 595 g/mol. The predicted octanol–water partition coefficient (Wildman–Crippen LogP) is 7.08. The normalized spacial score (nSPS) is 21.8. The molecule has 9 nitrogen and oxygen atoms in total. The van der Waals surface area contributed by atoms with Crippen LogP contribution in [0.1, 0.15) is 66.1 Å². The summed E-state index contributed by atoms with van der Waals surface area (Å²) in [7, 11) is 1.36. The quantitative estimate of drug-likeness (QED) is 0.198. The van der Waals surface area contributed by atoms with Crippen LogP contribution in [0.4, 0.5) is 6.01 Å². The monoisotopic (exact) mass is 594 g/mol. The molecule has 0 radical (unpaired) electrons. The van der Waals surface area contributed by atoms with E-state index in [0.717, 1.165) is 55.4 Å². The summed E-state index contributed by atoms with van der Waals surface area (Å²) >= 11 is 13.1. The number of anilines is 1. The van der Waals surface area contributed by atoms with E-state index in [9.17, 15) is 4.79 Å². The van der Waals surface area contributed by atoms with Crippen LogP contribution in [0.15, 0.2) is 51.4 Å². The molecule has 3 aliphatic rings. The van der Waals surface area contributed by atoms with Gasteiger partial charge in [0.05, 0.1) is 35.4 Å². The minimum Gasteiger partial charge on any atom is -0.465 e. The number of methoxy groups -OCH3 is 1. The van der Waals surface area contributed by atoms with Crippen molar-refractivity contribution in [3.63, 3.8) is 0 Å². The van der Waals surface area contributed by atoms with E-state index < -0.39 is 0 Å². The molecular formula is C30H28Cl2N4O5. The minimum absolute atomic E-state index is 0.0773. The number of nitrogens with zero attached hydrogens (tertiary/aromatic N) is 4. The van der Waals surface area contributed by atoms with E-state index in [1.165, 1.54) is 7.11 Å². The third-order valence-electron chi connectivity index (χ3n) is 8.31. The molecular weight excluding hydrogens is 567 g/mol. The molecule has 212 valence electrons. The van der Waals surface area contributed by atoms with Gasteiger partial charge in [-0.1, -0.05) is 39.5 Å². The Morgan fingerprint density at radius 2 is 1.71 bits per heavy atom. The molecule has 0 unspecified atom stereocenters. The molecule has 1 saturated carbocycles. The lowest BCUT2D eigenvalue weighted by Crippen LogP contribution is -2.45. The largest absolute Gasteiger partial charge is 0.465 e. The molecule has 2 aromatic carbocycles. The van der Waals surface area contributed by atoms with Crippen LogP contribution in [-0.4, -0.2) is 46.6 Å². The number of aromatic nitrogens is 3. The number of piperidine rings is 1. The fraction of sp³-hybridized carbons (Fsp3) is 0.400. The van der Waals surface area contributed by atoms with E-state index in [2.05, 4.69) is 20.3 Å². The van der Waals surface area contributed by atoms with Crippen LogP contribution in [0.25, 0.3) is 22.7 Å². The van der Waals surface area contributed by atoms with Gasteiger partial charge in [-0.25, -0.2) is 4.79 Å². The lowest BCUT2D eigenvalue weighted by Gasteiger charge is -2.37. The standard InChI is InChI=1S/C30H28Cl2N4O5/c1-38-29(37)18-9-7-17(8-10-18)28-33-34-30(40-28)36-19-11-12-20(36)14-21(13-19)39-15-22-26(35-41-27(22)16-5-6-16)25-23(31)3-2-4-24(25)32/h2-4,7-10,16,19-21H,5-6,11-15H2,1H3/t19-,20+,21+. The molecule has 3 atom stereocenters. The smallest absolute Gasteiger partial charge is 0.337 e. The van der Waals surface area contributed by atoms with Crippen LogP contribution in [0.5, 0.6) is 0 Å². The van der Waals surface area contributed by atoms with Gasteiger partial charge in [-0.05, 0) is 74.9 Å². The van der Waals surface area contributed by atoms with E-state index in [1.807, 2.05) is 18.2 Å². The van der Waals surface area contributed by atoms with Gasteiger partial charge in [0.1, 0.15) is 11.5 Å². The van der Waals surface area contributed by atoms with Gasteiger partial charge in [0.2, 0.25) is 5.89 Å². The minimum atomic E-state index is -0.388. The van der Waals surface area contributed by atoms with Crippen molar-refractivity contribution < 1.29 is 23.2 Å². The van der Waals surface area contributed by atoms with Gasteiger partial charge in [-0.15, -0.1) is 5.10 Å². The number of halogens is 2. The van der Waals surface area contributed by atoms with E-state index >= 15 is 0 Å². The van der Waals surface area contributed by atoms with Crippen LogP contribution in [0, 0.1) is 0 Å². The summed E-state index contributed by atoms with van der Waals surface area (Å²) < 4.78 is 23.2. The zero-order valence-corrected chi connectivity index (χ0v) is 23.9. The van der Waals surface area contributed by atoms with Crippen molar-refractivity contribution in [2.24, 2.45) is 0 Å². The van der Waals surface area contributed by atoms with Gasteiger partial charge < -0.3 is 23.3 Å². The molecule has 0 spiro atoms. The number of benzene rings is 2. The molecule has 4 aromatic rings. The first kappa shape index (κ1) is 26.5. The SMILES string of the molecule is COC(=O)c1ccc(-c2nnc(N3[C@@H]4CC[C@H]3C[C@@H](OCc3c(-c5c(Cl)cccc5Cl)noc3C3CC3)C4)o2)cc1. The molecule has 0 amide bonds. The summed E-state index contributed by atoms with van der Waals surface area (Å²) in [6.45, 7) is 0.391. The molecule has 7 rings (SSSR count). The number of ether oxygens (including phenoxy) is 2. The summed E-state index contributed by atoms with van der Waals surface area (Å²) in [5.74, 6) is 1.29. The summed E-state index contributed by atoms with van der Waals surface area (Å²) in [4.78, 5) is 14.0. The highest BCUT2D eigenvalue weighted by atomic mass is 35.5. The van der Waals surface area contributed by atoms with E-state index in [4.69, 9.17) is 41.6 Å². The Morgan fingerprint density at radius 1 is 1.00 bits per heavy atom. The van der Waals surface area contributed by atoms with Crippen molar-refractivity contribution in [2.75, 3.05) is 12.0 Å². The van der Waals surface area contributed by atoms with Gasteiger partial charge in [0, 0.05) is 34.7 Å². The third kappa shape index (κ3) is 5.00. The van der Waals surface area contributed by atoms with Crippen molar-refractivity contribution in [1.29, 1.82) is 0 Å². The molecule has 11 heteroatoms. The molecule has 41 heavy (non-hydrogen) atoms. The number of hydrogen-bond donors (Lipinski definition) is 0. The van der Waals surface area contributed by atoms with Crippen molar-refractivity contribution in [3.8, 4) is 22.7 Å². The van der Waals surface area contributed by atoms with Crippen molar-refractivity contribution in [3.05, 3.63) is 69.4 Å². The molecule has 2 bridgehead atoms. The molecule has 0 N–H and O–H groups in total. The molecule has 2 aromatic heterocycles. The van der Waals surface area contributed by atoms with Crippen LogP contribution in [0.2, 0.25) is 10.0 Å². The number of carbonyl (C=O) groups excluding carboxylic acids is 1. The zero-order valence-electron chi connectivity index (χ0n) is 22.4. The van der Waals surface area contributed by atoms with Gasteiger partial charge in [-0.2, -0.15) is 0 Å². The molecule has 1 aliphatic carbocycles. The van der Waals surface area contributed by atoms with Crippen LogP contribution >= 0.6 is 23.2 Å². The lowest BCUT2D eigenvalue weighted by atomic mass is 10.00. The highest BCUT2D eigenvalue weighted by molar-refractivity contribution is 6.39. The molecule has 2 aliphatic heterocycles. The maximum atomic E-state index is 11.7. The van der Waals surface area contributed by atoms with Crippen LogP contribution < -0.4 is 4.90 Å². The topological polar surface area (TPSA) is 104 Å². The van der Waals surface area contributed by atoms with Crippen molar-refractivity contribution >= 4 is 35.2 Å². The first-order valence-corrected chi connectivity index (χ1v) is 14.6. The number of fused-ring (bicyclic) bond motifs is 2. The summed E-state index contributed by atoms with van der Waals surface area (Å²) in [5.41, 5.74) is 3.51. The third-order valence-corrected chi connectivity index (χ3v) is 8.94. The lowest BCUT2D eigenvalue weighted by molar-refractivity contribution is 0.0139. The Bertz CT molecular complexity index is 1550. The Morgan fingerprint density at radius 3 is 2.37 bits per heavy atom. The predicted molar refractivity (Wildman–Crippen MR) is 152 cm³/mol. The molecule has 2 saturated heterocycles. The highest BCUT2D eigenvalue weighted by Gasteiger charge is 2.44. The second-order valence-corrected chi connectivity index (χ2v) is 11.7. The zero-order chi connectivity index (χ0) is 28.1. The van der Waals surface area contributed by atoms with E-state index in [1.54, 1.807) is 24.3 Å². The summed E-state index contributed by atoms with van der Waals surface area (Å²) in [6.07, 6.45) is 6.04. The number of esters is 1. The van der Waals surface area contributed by atoms with E-state index in [-0.39, 0.29) is 24.2 Å². The highest BCUT2D eigenvalue weighted by Crippen LogP contribution is 2.47. The molecule has 3 fully saturated rings. The van der Waals surface area contributed by atoms with Crippen molar-refractivity contribution in [1.82, 2.24) is 15.4 Å². The summed E-state index contributed by atoms with van der Waals surface area (Å²) in [5, 5.41) is 14.1. The summed E-state index contributed by atoms with van der Waals surface area (Å²) in [6, 6.07) is 13.4. The average Bonchev–Trinajstić information content (AvgIpc) is 3.45. The van der Waals surface area contributed by atoms with E-state index in [0.29, 0.717) is 51.3 Å². The first-order chi connectivity index (χ1) is 20.0. The van der Waals surface area contributed by atoms with Gasteiger partial charge in [0.25, 0.3) is 0 Å². The van der Waals surface area contributed by atoms with Gasteiger partial charge in [0.15, 0.2) is 0 Å². The maximum Gasteiger partial charge on any atom is 0.337 e. The second kappa shape index (κ2) is 10.8. The van der Waals surface area contributed by atoms with Gasteiger partial charge in [-0.3, -0.25) is 0 Å². The maximum absolute atomic E-state index is 11.7. The van der Waals surface area contributed by atoms with Gasteiger partial charge >= 0.3 is 12.0 Å². The Hall–Kier alpha value is -3.40. The number of carbonyl (C=O) groups is 1. The van der Waals surface area contributed by atoms with Crippen LogP contribution in [0.3, 0.4) is 0 Å². The first-order valence-electron chi connectivity index (χ1n) is 13.8. The fourth-order valence-corrected chi connectivity index (χ4v) is 6.70. The second-order valence-electron chi connectivity index (χ2n) is 10.9. The number of rotatable bonds is 8. The Labute approximate surface area is 246 Å². The number of hydrogen-bond acceptors (Lipinski definition) is 9. The Balaban J connectivity index is 1.05. The molecule has 4 heterocycles. The van der Waals surface area contributed by atoms with Crippen LogP contribution in [-0.2, 0) is 16.1 Å². The van der Waals surface area contributed by atoms with Crippen molar-refractivity contribution in [2.45, 2.75) is 69.2 Å². The Kier molecular flexibility index (Phi) is 6.97.